The van der Waals surface area contributed by atoms with Crippen molar-refractivity contribution < 1.29 is 9.53 Å². The van der Waals surface area contributed by atoms with E-state index in [9.17, 15) is 4.79 Å². The SMILES string of the molecule is COc1cccc(C(=O)NC(=NCc2cccnc2)Nc2ccccc2)c1. The summed E-state index contributed by atoms with van der Waals surface area (Å²) in [6, 6.07) is 20.3. The Morgan fingerprint density at radius 2 is 1.93 bits per heavy atom. The molecule has 1 heterocycles. The summed E-state index contributed by atoms with van der Waals surface area (Å²) < 4.78 is 5.18. The Morgan fingerprint density at radius 1 is 1.07 bits per heavy atom. The summed E-state index contributed by atoms with van der Waals surface area (Å²) in [4.78, 5) is 21.2. The third kappa shape index (κ3) is 5.40. The van der Waals surface area contributed by atoms with Crippen molar-refractivity contribution in [2.45, 2.75) is 6.54 Å². The highest BCUT2D eigenvalue weighted by atomic mass is 16.5. The molecule has 0 aliphatic carbocycles. The topological polar surface area (TPSA) is 75.6 Å². The van der Waals surface area contributed by atoms with Crippen LogP contribution in [0.1, 0.15) is 15.9 Å². The van der Waals surface area contributed by atoms with Gasteiger partial charge >= 0.3 is 0 Å². The first-order chi connectivity index (χ1) is 13.2. The summed E-state index contributed by atoms with van der Waals surface area (Å²) in [6.45, 7) is 0.390. The van der Waals surface area contributed by atoms with Crippen LogP contribution in [0.3, 0.4) is 0 Å². The van der Waals surface area contributed by atoms with Gasteiger partial charge in [0.1, 0.15) is 5.75 Å². The van der Waals surface area contributed by atoms with E-state index in [4.69, 9.17) is 4.74 Å². The molecule has 0 aliphatic heterocycles. The molecular formula is C21H20N4O2. The number of rotatable bonds is 5. The van der Waals surface area contributed by atoms with Crippen LogP contribution in [0.5, 0.6) is 5.75 Å². The van der Waals surface area contributed by atoms with Crippen LogP contribution in [0, 0.1) is 0 Å². The van der Waals surface area contributed by atoms with Gasteiger partial charge in [0.05, 0.1) is 13.7 Å². The number of hydrogen-bond donors (Lipinski definition) is 2. The molecule has 136 valence electrons. The van der Waals surface area contributed by atoms with Gasteiger partial charge in [0.25, 0.3) is 5.91 Å². The molecule has 1 aromatic heterocycles. The summed E-state index contributed by atoms with van der Waals surface area (Å²) in [7, 11) is 1.56. The number of ether oxygens (including phenoxy) is 1. The van der Waals surface area contributed by atoms with E-state index in [-0.39, 0.29) is 5.91 Å². The number of hydrogen-bond acceptors (Lipinski definition) is 4. The van der Waals surface area contributed by atoms with E-state index in [1.54, 1.807) is 43.8 Å². The standard InChI is InChI=1S/C21H20N4O2/c1-27-19-11-5-8-17(13-19)20(26)25-21(24-18-9-3-2-4-10-18)23-15-16-7-6-12-22-14-16/h2-14H,15H2,1H3,(H2,23,24,25,26). The number of benzene rings is 2. The molecule has 6 nitrogen and oxygen atoms in total. The number of aliphatic imine (C=N–C) groups is 1. The predicted octanol–water partition coefficient (Wildman–Crippen LogP) is 3.49. The molecule has 3 aromatic rings. The van der Waals surface area contributed by atoms with Gasteiger partial charge in [-0.25, -0.2) is 4.99 Å². The Bertz CT molecular complexity index is 912. The maximum absolute atomic E-state index is 12.6. The van der Waals surface area contributed by atoms with Crippen molar-refractivity contribution in [2.24, 2.45) is 4.99 Å². The second-order valence-electron chi connectivity index (χ2n) is 5.70. The van der Waals surface area contributed by atoms with Crippen LogP contribution < -0.4 is 15.4 Å². The van der Waals surface area contributed by atoms with Gasteiger partial charge in [-0.3, -0.25) is 15.1 Å². The Balaban J connectivity index is 1.78. The zero-order valence-corrected chi connectivity index (χ0v) is 14.9. The van der Waals surface area contributed by atoms with Gasteiger partial charge in [0.2, 0.25) is 5.96 Å². The highest BCUT2D eigenvalue weighted by Gasteiger charge is 2.10. The molecule has 2 N–H and O–H groups in total. The molecule has 6 heteroatoms. The minimum Gasteiger partial charge on any atom is -0.497 e. The summed E-state index contributed by atoms with van der Waals surface area (Å²) in [5, 5.41) is 5.97. The molecule has 1 amide bonds. The van der Waals surface area contributed by atoms with Gasteiger partial charge in [0.15, 0.2) is 0 Å². The van der Waals surface area contributed by atoms with E-state index < -0.39 is 0 Å². The fourth-order valence-electron chi connectivity index (χ4n) is 2.37. The lowest BCUT2D eigenvalue weighted by Gasteiger charge is -2.12. The zero-order valence-electron chi connectivity index (χ0n) is 14.9. The van der Waals surface area contributed by atoms with E-state index >= 15 is 0 Å². The van der Waals surface area contributed by atoms with Crippen molar-refractivity contribution in [1.29, 1.82) is 0 Å². The number of carbonyl (C=O) groups excluding carboxylic acids is 1. The number of anilines is 1. The first kappa shape index (κ1) is 18.1. The van der Waals surface area contributed by atoms with Crippen molar-refractivity contribution in [3.8, 4) is 5.75 Å². The van der Waals surface area contributed by atoms with Crippen LogP contribution in [-0.2, 0) is 6.54 Å². The normalized spacial score (nSPS) is 10.9. The van der Waals surface area contributed by atoms with Gasteiger partial charge < -0.3 is 10.1 Å². The number of methoxy groups -OCH3 is 1. The van der Waals surface area contributed by atoms with E-state index in [1.807, 2.05) is 42.5 Å². The third-order valence-electron chi connectivity index (χ3n) is 3.74. The lowest BCUT2D eigenvalue weighted by atomic mass is 10.2. The molecule has 27 heavy (non-hydrogen) atoms. The molecule has 3 rings (SSSR count). The van der Waals surface area contributed by atoms with Crippen LogP contribution in [0.4, 0.5) is 5.69 Å². The largest absolute Gasteiger partial charge is 0.497 e. The van der Waals surface area contributed by atoms with Crippen molar-refractivity contribution in [2.75, 3.05) is 12.4 Å². The van der Waals surface area contributed by atoms with Crippen molar-refractivity contribution >= 4 is 17.6 Å². The van der Waals surface area contributed by atoms with Crippen molar-refractivity contribution in [3.05, 3.63) is 90.3 Å². The van der Waals surface area contributed by atoms with Gasteiger partial charge in [-0.05, 0) is 42.0 Å². The predicted molar refractivity (Wildman–Crippen MR) is 106 cm³/mol. The molecule has 0 spiro atoms. The molecule has 2 aromatic carbocycles. The fraction of sp³-hybridized carbons (Fsp3) is 0.0952. The number of pyridine rings is 1. The molecule has 0 atom stereocenters. The smallest absolute Gasteiger partial charge is 0.258 e. The average Bonchev–Trinajstić information content (AvgIpc) is 2.73. The molecule has 0 aliphatic rings. The van der Waals surface area contributed by atoms with Gasteiger partial charge in [-0.15, -0.1) is 0 Å². The molecule has 0 saturated carbocycles. The first-order valence-corrected chi connectivity index (χ1v) is 8.45. The molecule has 0 fully saturated rings. The van der Waals surface area contributed by atoms with Crippen molar-refractivity contribution in [3.63, 3.8) is 0 Å². The Kier molecular flexibility index (Phi) is 6.14. The number of carbonyl (C=O) groups is 1. The zero-order chi connectivity index (χ0) is 18.9. The van der Waals surface area contributed by atoms with Gasteiger partial charge in [0, 0.05) is 23.6 Å². The minimum atomic E-state index is -0.276. The second-order valence-corrected chi connectivity index (χ2v) is 5.70. The number of para-hydroxylation sites is 1. The monoisotopic (exact) mass is 360 g/mol. The minimum absolute atomic E-state index is 0.276. The van der Waals surface area contributed by atoms with E-state index in [2.05, 4.69) is 20.6 Å². The third-order valence-corrected chi connectivity index (χ3v) is 3.74. The van der Waals surface area contributed by atoms with E-state index in [0.717, 1.165) is 11.3 Å². The number of amides is 1. The van der Waals surface area contributed by atoms with Crippen LogP contribution in [0.2, 0.25) is 0 Å². The average molecular weight is 360 g/mol. The number of nitrogens with one attached hydrogen (secondary N) is 2. The Hall–Kier alpha value is -3.67. The summed E-state index contributed by atoms with van der Waals surface area (Å²) in [5.41, 5.74) is 2.26. The summed E-state index contributed by atoms with van der Waals surface area (Å²) >= 11 is 0. The number of nitrogens with zero attached hydrogens (tertiary/aromatic N) is 2. The number of aromatic nitrogens is 1. The highest BCUT2D eigenvalue weighted by molar-refractivity contribution is 6.10. The summed E-state index contributed by atoms with van der Waals surface area (Å²) in [6.07, 6.45) is 3.45. The van der Waals surface area contributed by atoms with Crippen LogP contribution in [-0.4, -0.2) is 24.0 Å². The quantitative estimate of drug-likeness (QED) is 0.539. The Morgan fingerprint density at radius 3 is 2.67 bits per heavy atom. The van der Waals surface area contributed by atoms with Crippen LogP contribution >= 0.6 is 0 Å². The fourth-order valence-corrected chi connectivity index (χ4v) is 2.37. The molecule has 0 bridgehead atoms. The Labute approximate surface area is 157 Å². The second kappa shape index (κ2) is 9.15. The maximum Gasteiger partial charge on any atom is 0.258 e. The lowest BCUT2D eigenvalue weighted by Crippen LogP contribution is -2.36. The summed E-state index contributed by atoms with van der Waals surface area (Å²) in [5.74, 6) is 0.702. The maximum atomic E-state index is 12.6. The lowest BCUT2D eigenvalue weighted by molar-refractivity contribution is 0.0976. The first-order valence-electron chi connectivity index (χ1n) is 8.45. The van der Waals surface area contributed by atoms with Gasteiger partial charge in [-0.1, -0.05) is 30.3 Å². The van der Waals surface area contributed by atoms with E-state index in [1.165, 1.54) is 0 Å². The highest BCUT2D eigenvalue weighted by Crippen LogP contribution is 2.12. The van der Waals surface area contributed by atoms with Crippen LogP contribution in [0.15, 0.2) is 84.1 Å². The molecule has 0 saturated heterocycles. The number of guanidine groups is 1. The van der Waals surface area contributed by atoms with Crippen LogP contribution in [0.25, 0.3) is 0 Å². The van der Waals surface area contributed by atoms with Gasteiger partial charge in [-0.2, -0.15) is 0 Å². The molecular weight excluding hydrogens is 340 g/mol. The molecule has 0 radical (unpaired) electrons. The van der Waals surface area contributed by atoms with E-state index in [0.29, 0.717) is 23.8 Å². The molecule has 0 unspecified atom stereocenters. The van der Waals surface area contributed by atoms with Crippen molar-refractivity contribution in [1.82, 2.24) is 10.3 Å².